The normalized spacial score (nSPS) is 14.5. The van der Waals surface area contributed by atoms with Crippen LogP contribution in [0.1, 0.15) is 29.6 Å². The molecular formula is C14H17BrN2O3. The third-order valence-corrected chi connectivity index (χ3v) is 4.22. The molecule has 0 saturated heterocycles. The number of hydrogen-bond donors (Lipinski definition) is 2. The van der Waals surface area contributed by atoms with Gasteiger partial charge in [0.25, 0.3) is 0 Å². The summed E-state index contributed by atoms with van der Waals surface area (Å²) in [6.45, 7) is 0.761. The van der Waals surface area contributed by atoms with E-state index < -0.39 is 5.97 Å². The largest absolute Gasteiger partial charge is 0.478 e. The lowest BCUT2D eigenvalue weighted by Gasteiger charge is -2.30. The first kappa shape index (κ1) is 14.8. The number of rotatable bonds is 4. The average molecular weight is 341 g/mol. The molecule has 0 aliphatic heterocycles. The third kappa shape index (κ3) is 3.50. The number of benzene rings is 1. The fourth-order valence-electron chi connectivity index (χ4n) is 2.11. The van der Waals surface area contributed by atoms with Crippen LogP contribution in [0.25, 0.3) is 0 Å². The van der Waals surface area contributed by atoms with Gasteiger partial charge in [-0.2, -0.15) is 0 Å². The summed E-state index contributed by atoms with van der Waals surface area (Å²) in [4.78, 5) is 24.5. The molecule has 2 amide bonds. The molecule has 2 N–H and O–H groups in total. The minimum absolute atomic E-state index is 0.178. The van der Waals surface area contributed by atoms with E-state index in [0.29, 0.717) is 16.1 Å². The quantitative estimate of drug-likeness (QED) is 0.882. The number of anilines is 1. The van der Waals surface area contributed by atoms with Gasteiger partial charge in [-0.15, -0.1) is 0 Å². The van der Waals surface area contributed by atoms with Crippen LogP contribution in [0.3, 0.4) is 0 Å². The monoisotopic (exact) mass is 340 g/mol. The second-order valence-electron chi connectivity index (χ2n) is 5.11. The highest BCUT2D eigenvalue weighted by atomic mass is 79.9. The number of carboxylic acids is 1. The molecule has 0 atom stereocenters. The molecule has 20 heavy (non-hydrogen) atoms. The van der Waals surface area contributed by atoms with Gasteiger partial charge < -0.3 is 15.3 Å². The van der Waals surface area contributed by atoms with Crippen LogP contribution < -0.4 is 5.32 Å². The lowest BCUT2D eigenvalue weighted by atomic mass is 9.85. The number of carboxylic acid groups (broad SMARTS) is 1. The molecule has 0 bridgehead atoms. The number of amides is 2. The molecule has 0 aromatic heterocycles. The summed E-state index contributed by atoms with van der Waals surface area (Å²) < 4.78 is 0.558. The third-order valence-electron chi connectivity index (χ3n) is 3.56. The first-order valence-corrected chi connectivity index (χ1v) is 7.31. The minimum Gasteiger partial charge on any atom is -0.478 e. The lowest BCUT2D eigenvalue weighted by molar-refractivity contribution is 0.0697. The maximum atomic E-state index is 12.0. The Bertz CT molecular complexity index is 529. The first-order valence-electron chi connectivity index (χ1n) is 6.52. The molecule has 2 rings (SSSR count). The van der Waals surface area contributed by atoms with Gasteiger partial charge in [-0.25, -0.2) is 9.59 Å². The molecule has 1 aromatic rings. The van der Waals surface area contributed by atoms with Crippen LogP contribution in [0.15, 0.2) is 22.7 Å². The molecule has 6 heteroatoms. The summed E-state index contributed by atoms with van der Waals surface area (Å²) in [5, 5.41) is 11.7. The molecule has 1 saturated carbocycles. The minimum atomic E-state index is -0.995. The standard InChI is InChI=1S/C14H17BrN2O3/c1-17(8-9-3-2-4-9)14(20)16-12-6-5-10(13(18)19)7-11(12)15/h5-7,9H,2-4,8H2,1H3,(H,16,20)(H,18,19). The van der Waals surface area contributed by atoms with Crippen LogP contribution in [-0.2, 0) is 0 Å². The molecule has 5 nitrogen and oxygen atoms in total. The van der Waals surface area contributed by atoms with Crippen molar-refractivity contribution in [3.63, 3.8) is 0 Å². The van der Waals surface area contributed by atoms with Gasteiger partial charge in [0, 0.05) is 18.1 Å². The maximum absolute atomic E-state index is 12.0. The summed E-state index contributed by atoms with van der Waals surface area (Å²) in [7, 11) is 1.77. The van der Waals surface area contributed by atoms with Crippen molar-refractivity contribution in [1.29, 1.82) is 0 Å². The molecule has 1 aromatic carbocycles. The Balaban J connectivity index is 1.97. The van der Waals surface area contributed by atoms with E-state index in [0.717, 1.165) is 6.54 Å². The molecule has 0 radical (unpaired) electrons. The molecule has 0 unspecified atom stereocenters. The van der Waals surface area contributed by atoms with Crippen molar-refractivity contribution in [3.05, 3.63) is 28.2 Å². The molecule has 1 aliphatic carbocycles. The van der Waals surface area contributed by atoms with Gasteiger partial charge >= 0.3 is 12.0 Å². The van der Waals surface area contributed by atoms with Gasteiger partial charge in [0.15, 0.2) is 0 Å². The summed E-state index contributed by atoms with van der Waals surface area (Å²) in [6.07, 6.45) is 3.63. The Morgan fingerprint density at radius 1 is 1.45 bits per heavy atom. The van der Waals surface area contributed by atoms with E-state index in [1.807, 2.05) is 0 Å². The first-order chi connectivity index (χ1) is 9.47. The van der Waals surface area contributed by atoms with E-state index in [1.54, 1.807) is 18.0 Å². The van der Waals surface area contributed by atoms with Crippen molar-refractivity contribution in [2.24, 2.45) is 5.92 Å². The zero-order valence-corrected chi connectivity index (χ0v) is 12.8. The van der Waals surface area contributed by atoms with E-state index in [1.165, 1.54) is 31.4 Å². The Kier molecular flexibility index (Phi) is 4.65. The Hall–Kier alpha value is -1.56. The van der Waals surface area contributed by atoms with Crippen LogP contribution >= 0.6 is 15.9 Å². The second kappa shape index (κ2) is 6.26. The van der Waals surface area contributed by atoms with Crippen molar-refractivity contribution in [2.45, 2.75) is 19.3 Å². The lowest BCUT2D eigenvalue weighted by Crippen LogP contribution is -2.37. The highest BCUT2D eigenvalue weighted by Crippen LogP contribution is 2.27. The number of carbonyl (C=O) groups excluding carboxylic acids is 1. The fraction of sp³-hybridized carbons (Fsp3) is 0.429. The highest BCUT2D eigenvalue weighted by Gasteiger charge is 2.21. The number of aromatic carboxylic acids is 1. The van der Waals surface area contributed by atoms with Crippen LogP contribution in [0.4, 0.5) is 10.5 Å². The maximum Gasteiger partial charge on any atom is 0.335 e. The predicted molar refractivity (Wildman–Crippen MR) is 80.1 cm³/mol. The zero-order valence-electron chi connectivity index (χ0n) is 11.2. The van der Waals surface area contributed by atoms with Gasteiger partial charge in [0.2, 0.25) is 0 Å². The van der Waals surface area contributed by atoms with E-state index in [2.05, 4.69) is 21.2 Å². The van der Waals surface area contributed by atoms with Crippen molar-refractivity contribution >= 4 is 33.6 Å². The smallest absolute Gasteiger partial charge is 0.335 e. The van der Waals surface area contributed by atoms with Crippen molar-refractivity contribution in [2.75, 3.05) is 18.9 Å². The molecule has 1 fully saturated rings. The molecule has 108 valence electrons. The van der Waals surface area contributed by atoms with E-state index >= 15 is 0 Å². The van der Waals surface area contributed by atoms with Gasteiger partial charge in [-0.1, -0.05) is 6.42 Å². The van der Waals surface area contributed by atoms with Crippen molar-refractivity contribution in [1.82, 2.24) is 4.90 Å². The Morgan fingerprint density at radius 2 is 2.15 bits per heavy atom. The summed E-state index contributed by atoms with van der Waals surface area (Å²) in [6, 6.07) is 4.35. The molecule has 1 aliphatic rings. The summed E-state index contributed by atoms with van der Waals surface area (Å²) in [5.74, 6) is -0.380. The summed E-state index contributed by atoms with van der Waals surface area (Å²) >= 11 is 3.27. The predicted octanol–water partition coefficient (Wildman–Crippen LogP) is 3.41. The van der Waals surface area contributed by atoms with Crippen LogP contribution in [0, 0.1) is 5.92 Å². The highest BCUT2D eigenvalue weighted by molar-refractivity contribution is 9.10. The van der Waals surface area contributed by atoms with Crippen LogP contribution in [-0.4, -0.2) is 35.6 Å². The number of nitrogens with zero attached hydrogens (tertiary/aromatic N) is 1. The second-order valence-corrected chi connectivity index (χ2v) is 5.96. The zero-order chi connectivity index (χ0) is 14.7. The number of hydrogen-bond acceptors (Lipinski definition) is 2. The number of urea groups is 1. The van der Waals surface area contributed by atoms with Crippen molar-refractivity contribution < 1.29 is 14.7 Å². The fourth-order valence-corrected chi connectivity index (χ4v) is 2.58. The number of nitrogens with one attached hydrogen (secondary N) is 1. The number of carbonyl (C=O) groups is 2. The van der Waals surface area contributed by atoms with E-state index in [4.69, 9.17) is 5.11 Å². The Labute approximate surface area is 126 Å². The number of halogens is 1. The molecule has 0 heterocycles. The molecular weight excluding hydrogens is 324 g/mol. The van der Waals surface area contributed by atoms with Gasteiger partial charge in [-0.05, 0) is 52.9 Å². The topological polar surface area (TPSA) is 69.6 Å². The Morgan fingerprint density at radius 3 is 2.65 bits per heavy atom. The van der Waals surface area contributed by atoms with Crippen LogP contribution in [0.2, 0.25) is 0 Å². The molecule has 0 spiro atoms. The summed E-state index contributed by atoms with van der Waals surface area (Å²) in [5.41, 5.74) is 0.748. The van der Waals surface area contributed by atoms with Gasteiger partial charge in [0.1, 0.15) is 0 Å². The van der Waals surface area contributed by atoms with E-state index in [9.17, 15) is 9.59 Å². The van der Waals surface area contributed by atoms with Gasteiger partial charge in [0.05, 0.1) is 11.3 Å². The average Bonchev–Trinajstić information content (AvgIpc) is 2.35. The SMILES string of the molecule is CN(CC1CCC1)C(=O)Nc1ccc(C(=O)O)cc1Br. The van der Waals surface area contributed by atoms with E-state index in [-0.39, 0.29) is 11.6 Å². The van der Waals surface area contributed by atoms with Crippen molar-refractivity contribution in [3.8, 4) is 0 Å². The van der Waals surface area contributed by atoms with Gasteiger partial charge in [-0.3, -0.25) is 0 Å². The van der Waals surface area contributed by atoms with Crippen LogP contribution in [0.5, 0.6) is 0 Å².